The first-order chi connectivity index (χ1) is 18.4. The summed E-state index contributed by atoms with van der Waals surface area (Å²) in [7, 11) is 0. The number of rotatable bonds is 6. The van der Waals surface area contributed by atoms with E-state index in [4.69, 9.17) is 11.6 Å². The van der Waals surface area contributed by atoms with Crippen molar-refractivity contribution in [2.24, 2.45) is 0 Å². The number of benzene rings is 4. The van der Waals surface area contributed by atoms with Gasteiger partial charge >= 0.3 is 0 Å². The van der Waals surface area contributed by atoms with Crippen LogP contribution in [0.25, 0.3) is 22.0 Å². The van der Waals surface area contributed by atoms with E-state index < -0.39 is 0 Å². The number of amides is 1. The van der Waals surface area contributed by atoms with E-state index in [1.165, 1.54) is 11.3 Å². The van der Waals surface area contributed by atoms with Gasteiger partial charge in [0.1, 0.15) is 0 Å². The number of hydrogen-bond acceptors (Lipinski definition) is 2. The number of nitriles is 1. The number of carbonyl (C=O) groups excluding carboxylic acids is 1. The molecule has 5 rings (SSSR count). The van der Waals surface area contributed by atoms with Crippen molar-refractivity contribution in [3.63, 3.8) is 0 Å². The molecule has 4 nitrogen and oxygen atoms in total. The van der Waals surface area contributed by atoms with Crippen molar-refractivity contribution in [3.8, 4) is 17.2 Å². The molecule has 0 fully saturated rings. The van der Waals surface area contributed by atoms with Crippen LogP contribution >= 0.6 is 11.6 Å². The summed E-state index contributed by atoms with van der Waals surface area (Å²) in [4.78, 5) is 13.1. The minimum atomic E-state index is -0.160. The van der Waals surface area contributed by atoms with Crippen LogP contribution < -0.4 is 5.32 Å². The summed E-state index contributed by atoms with van der Waals surface area (Å²) in [6, 6.07) is 31.6. The van der Waals surface area contributed by atoms with E-state index in [2.05, 4.69) is 54.1 Å². The van der Waals surface area contributed by atoms with Crippen LogP contribution in [0.3, 0.4) is 0 Å². The highest BCUT2D eigenvalue weighted by atomic mass is 35.5. The number of nitrogens with one attached hydrogen (secondary N) is 1. The molecule has 1 aromatic heterocycles. The first kappa shape index (κ1) is 25.3. The van der Waals surface area contributed by atoms with Gasteiger partial charge in [0.25, 0.3) is 5.91 Å². The SMILES string of the molecule is Cc1c(C)n(Cc2ccc(-c3ccccc3C#N)cc2)c2ccc(C(=O)N[C@@H](C)c3cccc(Cl)c3)cc12. The van der Waals surface area contributed by atoms with Crippen LogP contribution in [0.5, 0.6) is 0 Å². The van der Waals surface area contributed by atoms with Gasteiger partial charge in [0.2, 0.25) is 0 Å². The van der Waals surface area contributed by atoms with Crippen molar-refractivity contribution in [3.05, 3.63) is 130 Å². The van der Waals surface area contributed by atoms with E-state index in [1.54, 1.807) is 0 Å². The zero-order valence-electron chi connectivity index (χ0n) is 21.6. The smallest absolute Gasteiger partial charge is 0.251 e. The van der Waals surface area contributed by atoms with E-state index in [1.807, 2.05) is 73.7 Å². The van der Waals surface area contributed by atoms with Crippen molar-refractivity contribution >= 4 is 28.4 Å². The lowest BCUT2D eigenvalue weighted by Crippen LogP contribution is -2.26. The first-order valence-electron chi connectivity index (χ1n) is 12.6. The molecule has 1 atom stereocenters. The van der Waals surface area contributed by atoms with E-state index in [0.29, 0.717) is 22.7 Å². The van der Waals surface area contributed by atoms with Gasteiger partial charge in [-0.25, -0.2) is 0 Å². The standard InChI is InChI=1S/C33H28ClN3O/c1-21-23(3)37(20-24-11-13-25(14-12-24)30-10-5-4-7-28(30)19-35)32-16-15-27(18-31(21)32)33(38)36-22(2)26-8-6-9-29(34)17-26/h4-18,22H,20H2,1-3H3,(H,36,38)/t22-/m0/s1. The van der Waals surface area contributed by atoms with Gasteiger partial charge in [-0.3, -0.25) is 4.79 Å². The summed E-state index contributed by atoms with van der Waals surface area (Å²) in [6.07, 6.45) is 0. The van der Waals surface area contributed by atoms with Crippen molar-refractivity contribution < 1.29 is 4.79 Å². The molecule has 0 aliphatic heterocycles. The molecule has 1 heterocycles. The third-order valence-electron chi connectivity index (χ3n) is 7.25. The number of carbonyl (C=O) groups is 1. The van der Waals surface area contributed by atoms with Gasteiger partial charge in [-0.15, -0.1) is 0 Å². The van der Waals surface area contributed by atoms with Gasteiger partial charge in [-0.2, -0.15) is 5.26 Å². The lowest BCUT2D eigenvalue weighted by atomic mass is 9.99. The zero-order chi connectivity index (χ0) is 26.8. The van der Waals surface area contributed by atoms with Crippen molar-refractivity contribution in [2.75, 3.05) is 0 Å². The average molecular weight is 518 g/mol. The Balaban J connectivity index is 1.39. The topological polar surface area (TPSA) is 57.8 Å². The molecule has 0 aliphatic carbocycles. The fourth-order valence-corrected chi connectivity index (χ4v) is 5.14. The van der Waals surface area contributed by atoms with Crippen LogP contribution in [0.4, 0.5) is 0 Å². The van der Waals surface area contributed by atoms with Gasteiger partial charge in [-0.05, 0) is 85.0 Å². The highest BCUT2D eigenvalue weighted by molar-refractivity contribution is 6.30. The molecule has 4 aromatic carbocycles. The normalized spacial score (nSPS) is 11.8. The Bertz CT molecular complexity index is 1690. The number of aryl methyl sites for hydroxylation is 1. The third kappa shape index (κ3) is 4.94. The first-order valence-corrected chi connectivity index (χ1v) is 13.0. The Kier molecular flexibility index (Phi) is 7.05. The maximum atomic E-state index is 13.1. The van der Waals surface area contributed by atoms with E-state index >= 15 is 0 Å². The maximum Gasteiger partial charge on any atom is 0.251 e. The number of aromatic nitrogens is 1. The monoisotopic (exact) mass is 517 g/mol. The molecule has 188 valence electrons. The molecule has 0 spiro atoms. The van der Waals surface area contributed by atoms with Gasteiger partial charge in [0, 0.05) is 33.7 Å². The Morgan fingerprint density at radius 2 is 1.74 bits per heavy atom. The molecule has 5 heteroatoms. The summed E-state index contributed by atoms with van der Waals surface area (Å²) >= 11 is 6.12. The second kappa shape index (κ2) is 10.6. The molecule has 0 saturated heterocycles. The molecule has 0 saturated carbocycles. The van der Waals surface area contributed by atoms with Crippen molar-refractivity contribution in [1.82, 2.24) is 9.88 Å². The van der Waals surface area contributed by atoms with Crippen molar-refractivity contribution in [2.45, 2.75) is 33.4 Å². The number of hydrogen-bond donors (Lipinski definition) is 1. The molecule has 38 heavy (non-hydrogen) atoms. The Hall–Kier alpha value is -4.33. The maximum absolute atomic E-state index is 13.1. The summed E-state index contributed by atoms with van der Waals surface area (Å²) in [5.74, 6) is -0.114. The van der Waals surface area contributed by atoms with Gasteiger partial charge in [-0.1, -0.05) is 66.2 Å². The lowest BCUT2D eigenvalue weighted by Gasteiger charge is -2.15. The second-order valence-corrected chi connectivity index (χ2v) is 10.1. The fraction of sp³-hybridized carbons (Fsp3) is 0.152. The molecule has 0 bridgehead atoms. The number of fused-ring (bicyclic) bond motifs is 1. The van der Waals surface area contributed by atoms with Crippen LogP contribution in [0, 0.1) is 25.2 Å². The van der Waals surface area contributed by atoms with Gasteiger partial charge in [0.05, 0.1) is 17.7 Å². The largest absolute Gasteiger partial charge is 0.346 e. The van der Waals surface area contributed by atoms with Crippen LogP contribution in [0.15, 0.2) is 91.0 Å². The quantitative estimate of drug-likeness (QED) is 0.248. The Morgan fingerprint density at radius 3 is 2.47 bits per heavy atom. The highest BCUT2D eigenvalue weighted by Gasteiger charge is 2.16. The molecule has 1 N–H and O–H groups in total. The molecule has 0 unspecified atom stereocenters. The highest BCUT2D eigenvalue weighted by Crippen LogP contribution is 2.29. The van der Waals surface area contributed by atoms with Crippen LogP contribution in [-0.2, 0) is 6.54 Å². The number of nitrogens with zero attached hydrogens (tertiary/aromatic N) is 2. The molecule has 0 aliphatic rings. The van der Waals surface area contributed by atoms with E-state index in [9.17, 15) is 10.1 Å². The summed E-state index contributed by atoms with van der Waals surface area (Å²) in [5, 5.41) is 14.3. The minimum absolute atomic E-state index is 0.114. The van der Waals surface area contributed by atoms with Crippen molar-refractivity contribution in [1.29, 1.82) is 5.26 Å². The van der Waals surface area contributed by atoms with Crippen LogP contribution in [0.2, 0.25) is 5.02 Å². The Labute approximate surface area is 228 Å². The lowest BCUT2D eigenvalue weighted by molar-refractivity contribution is 0.0940. The summed E-state index contributed by atoms with van der Waals surface area (Å²) in [5.41, 5.74) is 8.83. The van der Waals surface area contributed by atoms with Crippen LogP contribution in [0.1, 0.15) is 51.3 Å². The predicted octanol–water partition coefficient (Wildman–Crippen LogP) is 7.99. The second-order valence-electron chi connectivity index (χ2n) is 9.63. The summed E-state index contributed by atoms with van der Waals surface area (Å²) in [6.45, 7) is 6.89. The zero-order valence-corrected chi connectivity index (χ0v) is 22.4. The molecule has 5 aromatic rings. The average Bonchev–Trinajstić information content (AvgIpc) is 3.17. The Morgan fingerprint density at radius 1 is 0.974 bits per heavy atom. The fourth-order valence-electron chi connectivity index (χ4n) is 4.94. The van der Waals surface area contributed by atoms with Gasteiger partial charge in [0.15, 0.2) is 0 Å². The van der Waals surface area contributed by atoms with Crippen LogP contribution in [-0.4, -0.2) is 10.5 Å². The van der Waals surface area contributed by atoms with Gasteiger partial charge < -0.3 is 9.88 Å². The van der Waals surface area contributed by atoms with E-state index in [0.717, 1.165) is 33.2 Å². The third-order valence-corrected chi connectivity index (χ3v) is 7.49. The molecule has 0 radical (unpaired) electrons. The number of halogens is 1. The molecule has 1 amide bonds. The minimum Gasteiger partial charge on any atom is -0.346 e. The summed E-state index contributed by atoms with van der Waals surface area (Å²) < 4.78 is 2.29. The van der Waals surface area contributed by atoms with E-state index in [-0.39, 0.29) is 11.9 Å². The molecular formula is C33H28ClN3O. The predicted molar refractivity (Wildman–Crippen MR) is 154 cm³/mol. The molecular weight excluding hydrogens is 490 g/mol.